The Morgan fingerprint density at radius 3 is 2.81 bits per heavy atom. The van der Waals surface area contributed by atoms with Gasteiger partial charge in [0.1, 0.15) is 0 Å². The van der Waals surface area contributed by atoms with Crippen LogP contribution in [0.5, 0.6) is 5.75 Å². The predicted molar refractivity (Wildman–Crippen MR) is 62.0 cm³/mol. The van der Waals surface area contributed by atoms with Gasteiger partial charge < -0.3 is 10.5 Å². The van der Waals surface area contributed by atoms with Gasteiger partial charge in [-0.3, -0.25) is 0 Å². The van der Waals surface area contributed by atoms with Crippen molar-refractivity contribution in [3.05, 3.63) is 29.6 Å². The minimum absolute atomic E-state index is 0.227. The minimum Gasteiger partial charge on any atom is -0.490 e. The molecule has 2 rings (SSSR count). The molecule has 0 heterocycles. The van der Waals surface area contributed by atoms with Crippen LogP contribution in [0.3, 0.4) is 0 Å². The molecule has 0 aromatic heterocycles. The number of rotatable bonds is 5. The first-order valence-corrected chi connectivity index (χ1v) is 5.74. The molecule has 0 unspecified atom stereocenters. The first-order valence-electron chi connectivity index (χ1n) is 5.74. The maximum Gasteiger partial charge on any atom is 0.165 e. The Morgan fingerprint density at radius 2 is 2.19 bits per heavy atom. The third-order valence-electron chi connectivity index (χ3n) is 3.25. The lowest BCUT2D eigenvalue weighted by Gasteiger charge is -2.15. The van der Waals surface area contributed by atoms with Gasteiger partial charge in [-0.25, -0.2) is 4.39 Å². The van der Waals surface area contributed by atoms with Gasteiger partial charge in [-0.05, 0) is 50.4 Å². The quantitative estimate of drug-likeness (QED) is 0.832. The maximum atomic E-state index is 13.4. The van der Waals surface area contributed by atoms with Crippen LogP contribution in [0.2, 0.25) is 0 Å². The number of hydrogen-bond donors (Lipinski definition) is 1. The lowest BCUT2D eigenvalue weighted by atomic mass is 10.0. The Hall–Kier alpha value is -1.09. The highest BCUT2D eigenvalue weighted by molar-refractivity contribution is 5.29. The molecule has 0 spiro atoms. The van der Waals surface area contributed by atoms with Gasteiger partial charge in [-0.2, -0.15) is 0 Å². The third kappa shape index (κ3) is 2.53. The highest BCUT2D eigenvalue weighted by Crippen LogP contribution is 2.48. The van der Waals surface area contributed by atoms with Crippen LogP contribution in [0.1, 0.15) is 24.8 Å². The summed E-state index contributed by atoms with van der Waals surface area (Å²) in [6.45, 7) is 3.20. The van der Waals surface area contributed by atoms with Gasteiger partial charge in [-0.15, -0.1) is 0 Å². The van der Waals surface area contributed by atoms with Gasteiger partial charge in [0, 0.05) is 5.41 Å². The second-order valence-electron chi connectivity index (χ2n) is 4.76. The highest BCUT2D eigenvalue weighted by atomic mass is 19.1. The van der Waals surface area contributed by atoms with Crippen molar-refractivity contribution >= 4 is 0 Å². The number of halogens is 1. The lowest BCUT2D eigenvalue weighted by Crippen LogP contribution is -2.17. The monoisotopic (exact) mass is 223 g/mol. The van der Waals surface area contributed by atoms with E-state index in [0.29, 0.717) is 18.9 Å². The summed E-state index contributed by atoms with van der Waals surface area (Å²) in [7, 11) is 0. The largest absolute Gasteiger partial charge is 0.490 e. The summed E-state index contributed by atoms with van der Waals surface area (Å²) in [6, 6.07) is 4.94. The van der Waals surface area contributed by atoms with Crippen LogP contribution in [0.25, 0.3) is 0 Å². The molecule has 3 heteroatoms. The van der Waals surface area contributed by atoms with Crippen LogP contribution in [-0.2, 0) is 0 Å². The SMILES string of the molecule is Cc1ccc(F)c(OCC2(CCN)CC2)c1. The summed E-state index contributed by atoms with van der Waals surface area (Å²) in [5.41, 5.74) is 6.79. The van der Waals surface area contributed by atoms with Gasteiger partial charge in [0.05, 0.1) is 6.61 Å². The van der Waals surface area contributed by atoms with Crippen molar-refractivity contribution in [3.8, 4) is 5.75 Å². The molecule has 0 saturated heterocycles. The van der Waals surface area contributed by atoms with E-state index < -0.39 is 0 Å². The van der Waals surface area contributed by atoms with Crippen LogP contribution >= 0.6 is 0 Å². The van der Waals surface area contributed by atoms with E-state index in [2.05, 4.69) is 0 Å². The minimum atomic E-state index is -0.283. The van der Waals surface area contributed by atoms with E-state index in [1.807, 2.05) is 6.92 Å². The molecule has 0 amide bonds. The van der Waals surface area contributed by atoms with Crippen molar-refractivity contribution < 1.29 is 9.13 Å². The molecular weight excluding hydrogens is 205 g/mol. The second kappa shape index (κ2) is 4.42. The van der Waals surface area contributed by atoms with E-state index in [0.717, 1.165) is 24.8 Å². The van der Waals surface area contributed by atoms with Crippen molar-refractivity contribution in [1.82, 2.24) is 0 Å². The molecule has 2 nitrogen and oxygen atoms in total. The van der Waals surface area contributed by atoms with Gasteiger partial charge in [-0.1, -0.05) is 6.07 Å². The molecule has 1 aromatic carbocycles. The second-order valence-corrected chi connectivity index (χ2v) is 4.76. The van der Waals surface area contributed by atoms with Crippen molar-refractivity contribution in [2.45, 2.75) is 26.2 Å². The van der Waals surface area contributed by atoms with E-state index in [1.165, 1.54) is 6.07 Å². The molecule has 0 aliphatic heterocycles. The van der Waals surface area contributed by atoms with E-state index in [9.17, 15) is 4.39 Å². The molecule has 2 N–H and O–H groups in total. The van der Waals surface area contributed by atoms with Gasteiger partial charge in [0.2, 0.25) is 0 Å². The van der Waals surface area contributed by atoms with Crippen LogP contribution < -0.4 is 10.5 Å². The van der Waals surface area contributed by atoms with E-state index in [-0.39, 0.29) is 11.2 Å². The first-order chi connectivity index (χ1) is 7.65. The number of benzene rings is 1. The zero-order valence-electron chi connectivity index (χ0n) is 9.63. The number of aryl methyl sites for hydroxylation is 1. The van der Waals surface area contributed by atoms with Crippen molar-refractivity contribution in [2.24, 2.45) is 11.1 Å². The Labute approximate surface area is 95.6 Å². The molecule has 88 valence electrons. The van der Waals surface area contributed by atoms with Crippen LogP contribution in [-0.4, -0.2) is 13.2 Å². The Balaban J connectivity index is 1.97. The fraction of sp³-hybridized carbons (Fsp3) is 0.538. The van der Waals surface area contributed by atoms with Crippen molar-refractivity contribution in [2.75, 3.05) is 13.2 Å². The summed E-state index contributed by atoms with van der Waals surface area (Å²) in [5.74, 6) is 0.0810. The summed E-state index contributed by atoms with van der Waals surface area (Å²) in [4.78, 5) is 0. The summed E-state index contributed by atoms with van der Waals surface area (Å²) >= 11 is 0. The van der Waals surface area contributed by atoms with Crippen molar-refractivity contribution in [3.63, 3.8) is 0 Å². The van der Waals surface area contributed by atoms with E-state index >= 15 is 0 Å². The molecule has 0 radical (unpaired) electrons. The standard InChI is InChI=1S/C13H18FNO/c1-10-2-3-11(14)12(8-10)16-9-13(4-5-13)6-7-15/h2-3,8H,4-7,9,15H2,1H3. The molecule has 1 aliphatic carbocycles. The molecule has 1 fully saturated rings. The Morgan fingerprint density at radius 1 is 1.44 bits per heavy atom. The maximum absolute atomic E-state index is 13.4. The average Bonchev–Trinajstić information content (AvgIpc) is 3.01. The fourth-order valence-corrected chi connectivity index (χ4v) is 1.90. The van der Waals surface area contributed by atoms with Crippen molar-refractivity contribution in [1.29, 1.82) is 0 Å². The van der Waals surface area contributed by atoms with E-state index in [4.69, 9.17) is 10.5 Å². The first kappa shape index (κ1) is 11.4. The number of nitrogens with two attached hydrogens (primary N) is 1. The molecule has 1 saturated carbocycles. The molecule has 16 heavy (non-hydrogen) atoms. The van der Waals surface area contributed by atoms with Crippen LogP contribution in [0.15, 0.2) is 18.2 Å². The number of ether oxygens (including phenoxy) is 1. The molecule has 1 aromatic rings. The third-order valence-corrected chi connectivity index (χ3v) is 3.25. The smallest absolute Gasteiger partial charge is 0.165 e. The molecular formula is C13H18FNO. The zero-order valence-corrected chi connectivity index (χ0v) is 9.63. The van der Waals surface area contributed by atoms with Gasteiger partial charge >= 0.3 is 0 Å². The van der Waals surface area contributed by atoms with Crippen LogP contribution in [0, 0.1) is 18.2 Å². The summed E-state index contributed by atoms with van der Waals surface area (Å²) in [6.07, 6.45) is 3.27. The molecule has 1 aliphatic rings. The van der Waals surface area contributed by atoms with Gasteiger partial charge in [0.25, 0.3) is 0 Å². The average molecular weight is 223 g/mol. The van der Waals surface area contributed by atoms with Gasteiger partial charge in [0.15, 0.2) is 11.6 Å². The fourth-order valence-electron chi connectivity index (χ4n) is 1.90. The Bertz CT molecular complexity index is 374. The van der Waals surface area contributed by atoms with E-state index in [1.54, 1.807) is 12.1 Å². The summed E-state index contributed by atoms with van der Waals surface area (Å²) in [5, 5.41) is 0. The molecule has 0 bridgehead atoms. The Kier molecular flexibility index (Phi) is 3.15. The normalized spacial score (nSPS) is 17.2. The molecule has 0 atom stereocenters. The highest BCUT2D eigenvalue weighted by Gasteiger charge is 2.42. The number of hydrogen-bond acceptors (Lipinski definition) is 2. The lowest BCUT2D eigenvalue weighted by molar-refractivity contribution is 0.218. The summed E-state index contributed by atoms with van der Waals surface area (Å²) < 4.78 is 19.0. The van der Waals surface area contributed by atoms with Crippen LogP contribution in [0.4, 0.5) is 4.39 Å². The topological polar surface area (TPSA) is 35.2 Å². The zero-order chi connectivity index (χ0) is 11.6. The predicted octanol–water partition coefficient (Wildman–Crippen LogP) is 2.64.